The Hall–Kier alpha value is -8.80. The van der Waals surface area contributed by atoms with Crippen molar-refractivity contribution >= 4 is 39.9 Å². The van der Waals surface area contributed by atoms with Crippen molar-refractivity contribution in [2.45, 2.75) is 0 Å². The zero-order valence-corrected chi connectivity index (χ0v) is 35.6. The highest BCUT2D eigenvalue weighted by molar-refractivity contribution is 5.86. The third-order valence-electron chi connectivity index (χ3n) is 11.9. The van der Waals surface area contributed by atoms with Crippen LogP contribution in [0.1, 0.15) is 0 Å². The predicted molar refractivity (Wildman–Crippen MR) is 270 cm³/mol. The van der Waals surface area contributed by atoms with Gasteiger partial charge in [0.15, 0.2) is 0 Å². The van der Waals surface area contributed by atoms with Gasteiger partial charge in [-0.3, -0.25) is 9.30 Å². The second-order valence-corrected chi connectivity index (χ2v) is 15.9. The minimum atomic E-state index is 0.830. The minimum Gasteiger partial charge on any atom is -0.311 e. The monoisotopic (exact) mass is 833 g/mol. The van der Waals surface area contributed by atoms with Gasteiger partial charge in [0.05, 0.1) is 11.4 Å². The van der Waals surface area contributed by atoms with E-state index >= 15 is 0 Å². The van der Waals surface area contributed by atoms with Gasteiger partial charge < -0.3 is 4.90 Å². The number of pyridine rings is 2. The molecular formula is C60H43N5. The number of fused-ring (bicyclic) bond motifs is 1. The second-order valence-electron chi connectivity index (χ2n) is 15.9. The standard InChI is InChI=1S/C60H43N5/c1-4-15-44(16-5-1)46-25-33-52(34-26-46)64(53-35-27-47(28-36-53)45-17-6-2-7-18-45)54-37-29-48(30-38-54)49-31-39-55(40-32-49)65(57-23-10-12-41-61-57)56-22-14-21-51(43-56)60-59(50-19-8-3-9-20-50)62-58-24-11-13-42-63(58)60/h1-43H. The van der Waals surface area contributed by atoms with Crippen LogP contribution in [0.2, 0.25) is 0 Å². The molecule has 0 N–H and O–H groups in total. The highest BCUT2D eigenvalue weighted by Gasteiger charge is 2.20. The van der Waals surface area contributed by atoms with Gasteiger partial charge >= 0.3 is 0 Å². The molecule has 0 aliphatic heterocycles. The number of rotatable bonds is 11. The number of imidazole rings is 1. The van der Waals surface area contributed by atoms with Crippen molar-refractivity contribution in [2.24, 2.45) is 0 Å². The lowest BCUT2D eigenvalue weighted by Gasteiger charge is -2.26. The van der Waals surface area contributed by atoms with Crippen molar-refractivity contribution in [3.63, 3.8) is 0 Å². The Morgan fingerprint density at radius 3 is 1.23 bits per heavy atom. The van der Waals surface area contributed by atoms with Gasteiger partial charge in [-0.2, -0.15) is 0 Å². The molecule has 65 heavy (non-hydrogen) atoms. The largest absolute Gasteiger partial charge is 0.311 e. The summed E-state index contributed by atoms with van der Waals surface area (Å²) >= 11 is 0. The molecular weight excluding hydrogens is 791 g/mol. The average Bonchev–Trinajstić information content (AvgIpc) is 3.79. The molecule has 0 spiro atoms. The molecule has 0 unspecified atom stereocenters. The van der Waals surface area contributed by atoms with Gasteiger partial charge in [0.2, 0.25) is 0 Å². The molecule has 11 rings (SSSR count). The minimum absolute atomic E-state index is 0.830. The van der Waals surface area contributed by atoms with Crippen LogP contribution in [0.4, 0.5) is 34.3 Å². The lowest BCUT2D eigenvalue weighted by Crippen LogP contribution is -2.11. The molecule has 0 saturated carbocycles. The lowest BCUT2D eigenvalue weighted by atomic mass is 10.0. The fourth-order valence-corrected chi connectivity index (χ4v) is 8.68. The Balaban J connectivity index is 0.922. The van der Waals surface area contributed by atoms with Gasteiger partial charge in [0, 0.05) is 52.0 Å². The van der Waals surface area contributed by atoms with E-state index in [1.807, 2.05) is 30.5 Å². The molecule has 0 radical (unpaired) electrons. The maximum absolute atomic E-state index is 5.10. The normalized spacial score (nSPS) is 11.1. The molecule has 0 fully saturated rings. The third-order valence-corrected chi connectivity index (χ3v) is 11.9. The molecule has 0 aliphatic rings. The maximum Gasteiger partial charge on any atom is 0.137 e. The van der Waals surface area contributed by atoms with E-state index in [2.05, 4.69) is 245 Å². The van der Waals surface area contributed by atoms with E-state index in [1.54, 1.807) is 0 Å². The molecule has 0 aliphatic carbocycles. The summed E-state index contributed by atoms with van der Waals surface area (Å²) in [6.45, 7) is 0. The molecule has 0 saturated heterocycles. The van der Waals surface area contributed by atoms with Gasteiger partial charge in [-0.1, -0.05) is 164 Å². The number of benzene rings is 8. The molecule has 0 amide bonds. The van der Waals surface area contributed by atoms with E-state index in [4.69, 9.17) is 9.97 Å². The van der Waals surface area contributed by atoms with Crippen LogP contribution in [0.3, 0.4) is 0 Å². The fraction of sp³-hybridized carbons (Fsp3) is 0. The van der Waals surface area contributed by atoms with Crippen LogP contribution in [0, 0.1) is 0 Å². The maximum atomic E-state index is 5.10. The summed E-state index contributed by atoms with van der Waals surface area (Å²) in [4.78, 5) is 14.5. The first-order chi connectivity index (χ1) is 32.2. The summed E-state index contributed by atoms with van der Waals surface area (Å²) in [5, 5.41) is 0. The molecule has 3 aromatic heterocycles. The molecule has 5 nitrogen and oxygen atoms in total. The van der Waals surface area contributed by atoms with Gasteiger partial charge in [-0.25, -0.2) is 9.97 Å². The highest BCUT2D eigenvalue weighted by Crippen LogP contribution is 2.41. The van der Waals surface area contributed by atoms with Crippen LogP contribution in [-0.4, -0.2) is 14.4 Å². The summed E-state index contributed by atoms with van der Waals surface area (Å²) in [6.07, 6.45) is 3.93. The van der Waals surface area contributed by atoms with Crippen molar-refractivity contribution in [2.75, 3.05) is 9.80 Å². The van der Waals surface area contributed by atoms with Gasteiger partial charge in [-0.15, -0.1) is 0 Å². The summed E-state index contributed by atoms with van der Waals surface area (Å²) in [7, 11) is 0. The average molecular weight is 834 g/mol. The number of nitrogens with zero attached hydrogens (tertiary/aromatic N) is 5. The zero-order valence-electron chi connectivity index (χ0n) is 35.6. The van der Waals surface area contributed by atoms with Crippen molar-refractivity contribution in [1.29, 1.82) is 0 Å². The Morgan fingerprint density at radius 2 is 0.738 bits per heavy atom. The lowest BCUT2D eigenvalue weighted by molar-refractivity contribution is 1.17. The number of anilines is 6. The quantitative estimate of drug-likeness (QED) is 0.130. The first kappa shape index (κ1) is 39.1. The first-order valence-electron chi connectivity index (χ1n) is 21.9. The van der Waals surface area contributed by atoms with E-state index < -0.39 is 0 Å². The molecule has 8 aromatic carbocycles. The predicted octanol–water partition coefficient (Wildman–Crippen LogP) is 16.0. The smallest absolute Gasteiger partial charge is 0.137 e. The Kier molecular flexibility index (Phi) is 10.5. The first-order valence-corrected chi connectivity index (χ1v) is 21.9. The molecule has 11 aromatic rings. The summed E-state index contributed by atoms with van der Waals surface area (Å²) < 4.78 is 2.18. The van der Waals surface area contributed by atoms with Gasteiger partial charge in [0.25, 0.3) is 0 Å². The topological polar surface area (TPSA) is 36.7 Å². The number of aromatic nitrogens is 3. The zero-order chi connectivity index (χ0) is 43.4. The second kappa shape index (κ2) is 17.5. The molecule has 0 bridgehead atoms. The summed E-state index contributed by atoms with van der Waals surface area (Å²) in [5.41, 5.74) is 17.3. The van der Waals surface area contributed by atoms with Gasteiger partial charge in [0.1, 0.15) is 11.5 Å². The van der Waals surface area contributed by atoms with E-state index in [9.17, 15) is 0 Å². The number of hydrogen-bond donors (Lipinski definition) is 0. The summed E-state index contributed by atoms with van der Waals surface area (Å²) in [6, 6.07) is 87.6. The Morgan fingerprint density at radius 1 is 0.308 bits per heavy atom. The molecule has 308 valence electrons. The van der Waals surface area contributed by atoms with Crippen LogP contribution < -0.4 is 9.80 Å². The van der Waals surface area contributed by atoms with E-state index in [1.165, 1.54) is 22.3 Å². The Labute approximate surface area is 379 Å². The van der Waals surface area contributed by atoms with E-state index in [0.717, 1.165) is 73.5 Å². The fourth-order valence-electron chi connectivity index (χ4n) is 8.68. The van der Waals surface area contributed by atoms with Crippen molar-refractivity contribution in [3.8, 4) is 55.9 Å². The van der Waals surface area contributed by atoms with Crippen LogP contribution >= 0.6 is 0 Å². The highest BCUT2D eigenvalue weighted by atomic mass is 15.2. The summed E-state index contributed by atoms with van der Waals surface area (Å²) in [5.74, 6) is 0.830. The molecule has 5 heteroatoms. The van der Waals surface area contributed by atoms with Crippen LogP contribution in [-0.2, 0) is 0 Å². The van der Waals surface area contributed by atoms with E-state index in [0.29, 0.717) is 0 Å². The third kappa shape index (κ3) is 7.95. The van der Waals surface area contributed by atoms with Gasteiger partial charge in [-0.05, 0) is 118 Å². The number of hydrogen-bond acceptors (Lipinski definition) is 4. The Bertz CT molecular complexity index is 3230. The van der Waals surface area contributed by atoms with Crippen molar-refractivity contribution < 1.29 is 0 Å². The van der Waals surface area contributed by atoms with E-state index in [-0.39, 0.29) is 0 Å². The van der Waals surface area contributed by atoms with Crippen molar-refractivity contribution in [1.82, 2.24) is 14.4 Å². The van der Waals surface area contributed by atoms with Crippen LogP contribution in [0.5, 0.6) is 0 Å². The van der Waals surface area contributed by atoms with Crippen LogP contribution in [0.15, 0.2) is 261 Å². The molecule has 0 atom stereocenters. The van der Waals surface area contributed by atoms with Crippen LogP contribution in [0.25, 0.3) is 61.5 Å². The molecule has 3 heterocycles. The SMILES string of the molecule is c1ccc(-c2ccc(N(c3ccc(-c4ccccc4)cc3)c3ccc(-c4ccc(N(c5cccc(-c6c(-c7ccccc7)nc7ccccn67)c5)c5ccccn5)cc4)cc3)cc2)cc1. The van der Waals surface area contributed by atoms with Crippen molar-refractivity contribution in [3.05, 3.63) is 261 Å².